The van der Waals surface area contributed by atoms with Crippen LogP contribution in [0.2, 0.25) is 5.02 Å². The number of halogens is 1. The summed E-state index contributed by atoms with van der Waals surface area (Å²) in [7, 11) is 0. The summed E-state index contributed by atoms with van der Waals surface area (Å²) in [6, 6.07) is 5.49. The number of carbonyl (C=O) groups is 2. The molecule has 2 unspecified atom stereocenters. The summed E-state index contributed by atoms with van der Waals surface area (Å²) in [5.74, 6) is -1.62. The third-order valence-corrected chi connectivity index (χ3v) is 3.94. The Hall–Kier alpha value is -1.59. The van der Waals surface area contributed by atoms with E-state index in [9.17, 15) is 14.7 Å². The monoisotopic (exact) mass is 296 g/mol. The molecule has 1 aromatic carbocycles. The van der Waals surface area contributed by atoms with E-state index in [1.54, 1.807) is 24.3 Å². The Bertz CT molecular complexity index is 521. The highest BCUT2D eigenvalue weighted by Crippen LogP contribution is 2.27. The molecular weight excluding hydrogens is 280 g/mol. The summed E-state index contributed by atoms with van der Waals surface area (Å²) in [6.45, 7) is 0. The largest absolute Gasteiger partial charge is 0.479 e. The fourth-order valence-electron chi connectivity index (χ4n) is 2.50. The average Bonchev–Trinajstić information content (AvgIpc) is 2.83. The number of hydrogen-bond donors (Lipinski definition) is 3. The maximum atomic E-state index is 12.1. The number of carboxylic acids is 1. The minimum atomic E-state index is -1.13. The summed E-state index contributed by atoms with van der Waals surface area (Å²) < 4.78 is 0. The van der Waals surface area contributed by atoms with Gasteiger partial charge in [-0.3, -0.25) is 4.79 Å². The zero-order chi connectivity index (χ0) is 14.7. The molecule has 3 atom stereocenters. The van der Waals surface area contributed by atoms with Crippen LogP contribution < -0.4 is 11.1 Å². The van der Waals surface area contributed by atoms with Gasteiger partial charge in [0, 0.05) is 22.5 Å². The highest BCUT2D eigenvalue weighted by atomic mass is 35.5. The Balaban J connectivity index is 2.13. The van der Waals surface area contributed by atoms with Crippen LogP contribution in [0.3, 0.4) is 0 Å². The third-order valence-electron chi connectivity index (χ3n) is 3.59. The summed E-state index contributed by atoms with van der Waals surface area (Å²) in [4.78, 5) is 23.5. The van der Waals surface area contributed by atoms with Gasteiger partial charge in [0.15, 0.2) is 6.04 Å². The predicted molar refractivity (Wildman–Crippen MR) is 75.3 cm³/mol. The summed E-state index contributed by atoms with van der Waals surface area (Å²) in [5, 5.41) is 12.2. The number of carboxylic acid groups (broad SMARTS) is 1. The highest BCUT2D eigenvalue weighted by Gasteiger charge is 2.31. The van der Waals surface area contributed by atoms with Gasteiger partial charge in [-0.2, -0.15) is 0 Å². The summed E-state index contributed by atoms with van der Waals surface area (Å²) >= 11 is 5.99. The molecule has 1 aliphatic rings. The minimum Gasteiger partial charge on any atom is -0.479 e. The Morgan fingerprint density at radius 1 is 1.35 bits per heavy atom. The van der Waals surface area contributed by atoms with Crippen LogP contribution in [0.15, 0.2) is 24.3 Å². The van der Waals surface area contributed by atoms with Crippen molar-refractivity contribution in [3.05, 3.63) is 34.9 Å². The van der Waals surface area contributed by atoms with E-state index in [-0.39, 0.29) is 17.9 Å². The number of benzene rings is 1. The van der Waals surface area contributed by atoms with Gasteiger partial charge in [-0.15, -0.1) is 0 Å². The first-order valence-electron chi connectivity index (χ1n) is 6.52. The molecule has 0 spiro atoms. The molecule has 0 radical (unpaired) electrons. The van der Waals surface area contributed by atoms with Crippen molar-refractivity contribution in [1.82, 2.24) is 5.32 Å². The van der Waals surface area contributed by atoms with Gasteiger partial charge >= 0.3 is 5.97 Å². The van der Waals surface area contributed by atoms with Crippen molar-refractivity contribution < 1.29 is 14.7 Å². The SMILES string of the molecule is NC1CCC(C(=O)N[C@@H](C(=O)O)c2ccccc2Cl)C1. The van der Waals surface area contributed by atoms with Gasteiger partial charge in [0.25, 0.3) is 0 Å². The quantitative estimate of drug-likeness (QED) is 0.788. The van der Waals surface area contributed by atoms with Crippen molar-refractivity contribution in [2.45, 2.75) is 31.3 Å². The molecular formula is C14H17ClN2O3. The molecule has 6 heteroatoms. The smallest absolute Gasteiger partial charge is 0.330 e. The first-order valence-corrected chi connectivity index (χ1v) is 6.90. The number of carbonyl (C=O) groups excluding carboxylic acids is 1. The summed E-state index contributed by atoms with van der Waals surface area (Å²) in [6.07, 6.45) is 2.09. The first kappa shape index (κ1) is 14.8. The van der Waals surface area contributed by atoms with E-state index in [0.29, 0.717) is 23.4 Å². The maximum absolute atomic E-state index is 12.1. The van der Waals surface area contributed by atoms with Gasteiger partial charge < -0.3 is 16.2 Å². The van der Waals surface area contributed by atoms with Crippen LogP contribution in [-0.4, -0.2) is 23.0 Å². The van der Waals surface area contributed by atoms with Crippen molar-refractivity contribution in [2.24, 2.45) is 11.7 Å². The van der Waals surface area contributed by atoms with Gasteiger partial charge in [0.2, 0.25) is 5.91 Å². The molecule has 20 heavy (non-hydrogen) atoms. The molecule has 1 fully saturated rings. The number of aliphatic carboxylic acids is 1. The van der Waals surface area contributed by atoms with Crippen LogP contribution in [0.5, 0.6) is 0 Å². The molecule has 4 N–H and O–H groups in total. The second-order valence-electron chi connectivity index (χ2n) is 5.07. The Morgan fingerprint density at radius 3 is 2.60 bits per heavy atom. The zero-order valence-electron chi connectivity index (χ0n) is 10.9. The van der Waals surface area contributed by atoms with E-state index in [0.717, 1.165) is 6.42 Å². The lowest BCUT2D eigenvalue weighted by Gasteiger charge is -2.18. The van der Waals surface area contributed by atoms with Crippen molar-refractivity contribution in [1.29, 1.82) is 0 Å². The number of rotatable bonds is 4. The van der Waals surface area contributed by atoms with E-state index < -0.39 is 12.0 Å². The highest BCUT2D eigenvalue weighted by molar-refractivity contribution is 6.31. The van der Waals surface area contributed by atoms with Crippen LogP contribution in [-0.2, 0) is 9.59 Å². The van der Waals surface area contributed by atoms with Gasteiger partial charge in [-0.1, -0.05) is 29.8 Å². The molecule has 1 aromatic rings. The molecule has 1 amide bonds. The molecule has 2 rings (SSSR count). The lowest BCUT2D eigenvalue weighted by atomic mass is 10.0. The molecule has 0 aromatic heterocycles. The van der Waals surface area contributed by atoms with E-state index in [1.165, 1.54) is 0 Å². The first-order chi connectivity index (χ1) is 9.49. The molecule has 1 saturated carbocycles. The number of amides is 1. The van der Waals surface area contributed by atoms with E-state index in [2.05, 4.69) is 5.32 Å². The molecule has 0 aliphatic heterocycles. The van der Waals surface area contributed by atoms with E-state index in [1.807, 2.05) is 0 Å². The maximum Gasteiger partial charge on any atom is 0.330 e. The van der Waals surface area contributed by atoms with Crippen LogP contribution in [0.4, 0.5) is 0 Å². The molecule has 0 heterocycles. The summed E-state index contributed by atoms with van der Waals surface area (Å²) in [5.41, 5.74) is 6.16. The normalized spacial score (nSPS) is 23.3. The molecule has 108 valence electrons. The topological polar surface area (TPSA) is 92.4 Å². The van der Waals surface area contributed by atoms with Gasteiger partial charge in [-0.25, -0.2) is 4.79 Å². The van der Waals surface area contributed by atoms with Crippen molar-refractivity contribution in [2.75, 3.05) is 0 Å². The second kappa shape index (κ2) is 6.24. The van der Waals surface area contributed by atoms with Gasteiger partial charge in [-0.05, 0) is 25.3 Å². The third kappa shape index (κ3) is 3.29. The standard InChI is InChI=1S/C14H17ClN2O3/c15-11-4-2-1-3-10(11)12(14(19)20)17-13(18)8-5-6-9(16)7-8/h1-4,8-9,12H,5-7,16H2,(H,17,18)(H,19,20)/t8?,9?,12-/m1/s1. The predicted octanol–water partition coefficient (Wildman–Crippen LogP) is 1.71. The van der Waals surface area contributed by atoms with Crippen molar-refractivity contribution in [3.63, 3.8) is 0 Å². The minimum absolute atomic E-state index is 0.0225. The molecule has 0 saturated heterocycles. The van der Waals surface area contributed by atoms with Crippen LogP contribution in [0, 0.1) is 5.92 Å². The lowest BCUT2D eigenvalue weighted by molar-refractivity contribution is -0.142. The lowest BCUT2D eigenvalue weighted by Crippen LogP contribution is -2.37. The Kier molecular flexibility index (Phi) is 4.62. The molecule has 1 aliphatic carbocycles. The fourth-order valence-corrected chi connectivity index (χ4v) is 2.74. The van der Waals surface area contributed by atoms with Crippen molar-refractivity contribution >= 4 is 23.5 Å². The van der Waals surface area contributed by atoms with Crippen LogP contribution in [0.1, 0.15) is 30.9 Å². The van der Waals surface area contributed by atoms with Crippen LogP contribution >= 0.6 is 11.6 Å². The number of nitrogens with two attached hydrogens (primary N) is 1. The Morgan fingerprint density at radius 2 is 2.05 bits per heavy atom. The number of hydrogen-bond acceptors (Lipinski definition) is 3. The molecule has 0 bridgehead atoms. The fraction of sp³-hybridized carbons (Fsp3) is 0.429. The average molecular weight is 297 g/mol. The Labute approximate surface area is 122 Å². The van der Waals surface area contributed by atoms with Crippen molar-refractivity contribution in [3.8, 4) is 0 Å². The molecule has 5 nitrogen and oxygen atoms in total. The van der Waals surface area contributed by atoms with E-state index >= 15 is 0 Å². The zero-order valence-corrected chi connectivity index (χ0v) is 11.6. The van der Waals surface area contributed by atoms with E-state index in [4.69, 9.17) is 17.3 Å². The van der Waals surface area contributed by atoms with Crippen LogP contribution in [0.25, 0.3) is 0 Å². The van der Waals surface area contributed by atoms with Gasteiger partial charge in [0.05, 0.1) is 0 Å². The van der Waals surface area contributed by atoms with Gasteiger partial charge in [0.1, 0.15) is 0 Å². The number of nitrogens with one attached hydrogen (secondary N) is 1. The second-order valence-corrected chi connectivity index (χ2v) is 5.48.